The van der Waals surface area contributed by atoms with Gasteiger partial charge in [-0.25, -0.2) is 4.79 Å². The molecule has 0 unspecified atom stereocenters. The second kappa shape index (κ2) is 10.8. The van der Waals surface area contributed by atoms with Gasteiger partial charge in [-0.2, -0.15) is 5.10 Å². The molecule has 0 spiro atoms. The molecule has 200 valence electrons. The predicted molar refractivity (Wildman–Crippen MR) is 153 cm³/mol. The summed E-state index contributed by atoms with van der Waals surface area (Å²) in [5, 5.41) is 7.63. The highest BCUT2D eigenvalue weighted by Gasteiger charge is 2.26. The van der Waals surface area contributed by atoms with Gasteiger partial charge in [-0.3, -0.25) is 9.48 Å². The highest BCUT2D eigenvalue weighted by atomic mass is 16.6. The lowest BCUT2D eigenvalue weighted by molar-refractivity contribution is 0.0224. The number of nitrogens with one attached hydrogen (secondary N) is 1. The summed E-state index contributed by atoms with van der Waals surface area (Å²) in [6.07, 6.45) is 0.358. The normalized spacial score (nSPS) is 13.1. The van der Waals surface area contributed by atoms with Crippen molar-refractivity contribution >= 4 is 17.8 Å². The number of aryl methyl sites for hydroxylation is 1. The summed E-state index contributed by atoms with van der Waals surface area (Å²) in [7, 11) is 0. The van der Waals surface area contributed by atoms with E-state index in [-0.39, 0.29) is 12.0 Å². The van der Waals surface area contributed by atoms with Gasteiger partial charge >= 0.3 is 6.09 Å². The van der Waals surface area contributed by atoms with E-state index in [1.54, 1.807) is 11.0 Å². The highest BCUT2D eigenvalue weighted by Crippen LogP contribution is 2.26. The number of hydrogen-bond donors (Lipinski definition) is 1. The van der Waals surface area contributed by atoms with Gasteiger partial charge in [0.2, 0.25) is 0 Å². The van der Waals surface area contributed by atoms with Gasteiger partial charge in [0.1, 0.15) is 5.60 Å². The van der Waals surface area contributed by atoms with Gasteiger partial charge in [0.15, 0.2) is 5.82 Å². The van der Waals surface area contributed by atoms with E-state index in [1.807, 2.05) is 80.9 Å². The Bertz CT molecular complexity index is 1500. The summed E-state index contributed by atoms with van der Waals surface area (Å²) in [6.45, 7) is 9.20. The Kier molecular flexibility index (Phi) is 7.24. The number of benzene rings is 3. The van der Waals surface area contributed by atoms with Crippen molar-refractivity contribution in [1.82, 2.24) is 14.7 Å². The minimum absolute atomic E-state index is 0.207. The van der Waals surface area contributed by atoms with Crippen LogP contribution in [0.25, 0.3) is 11.1 Å². The molecular weight excluding hydrogens is 488 g/mol. The van der Waals surface area contributed by atoms with E-state index >= 15 is 0 Å². The molecule has 2 amide bonds. The van der Waals surface area contributed by atoms with Gasteiger partial charge in [-0.1, -0.05) is 60.7 Å². The molecule has 5 rings (SSSR count). The second-order valence-corrected chi connectivity index (χ2v) is 10.9. The largest absolute Gasteiger partial charge is 0.444 e. The summed E-state index contributed by atoms with van der Waals surface area (Å²) < 4.78 is 7.42. The first kappa shape index (κ1) is 26.2. The van der Waals surface area contributed by atoms with Crippen LogP contribution in [-0.4, -0.2) is 38.8 Å². The molecule has 2 heterocycles. The van der Waals surface area contributed by atoms with Gasteiger partial charge in [0, 0.05) is 30.4 Å². The van der Waals surface area contributed by atoms with Gasteiger partial charge in [0.05, 0.1) is 6.54 Å². The van der Waals surface area contributed by atoms with Crippen molar-refractivity contribution < 1.29 is 14.3 Å². The maximum absolute atomic E-state index is 13.1. The molecule has 0 saturated carbocycles. The smallest absolute Gasteiger partial charge is 0.410 e. The quantitative estimate of drug-likeness (QED) is 0.327. The van der Waals surface area contributed by atoms with Gasteiger partial charge in [0.25, 0.3) is 5.91 Å². The maximum Gasteiger partial charge on any atom is 0.410 e. The first-order valence-electron chi connectivity index (χ1n) is 13.3. The zero-order chi connectivity index (χ0) is 27.6. The molecule has 1 N–H and O–H groups in total. The molecule has 1 aliphatic heterocycles. The van der Waals surface area contributed by atoms with Crippen LogP contribution in [-0.2, 0) is 24.2 Å². The number of hydrogen-bond acceptors (Lipinski definition) is 4. The third-order valence-corrected chi connectivity index (χ3v) is 6.78. The summed E-state index contributed by atoms with van der Waals surface area (Å²) in [6, 6.07) is 26.1. The van der Waals surface area contributed by atoms with Crippen LogP contribution in [0.3, 0.4) is 0 Å². The molecule has 0 atom stereocenters. The van der Waals surface area contributed by atoms with Crippen molar-refractivity contribution in [3.63, 3.8) is 0 Å². The number of carbonyl (C=O) groups excluding carboxylic acids is 2. The van der Waals surface area contributed by atoms with Crippen LogP contribution in [0.2, 0.25) is 0 Å². The number of rotatable bonds is 5. The zero-order valence-electron chi connectivity index (χ0n) is 22.9. The first-order chi connectivity index (χ1) is 18.7. The van der Waals surface area contributed by atoms with Crippen molar-refractivity contribution in [2.45, 2.75) is 52.8 Å². The minimum atomic E-state index is -0.532. The molecule has 1 aromatic heterocycles. The van der Waals surface area contributed by atoms with E-state index in [4.69, 9.17) is 4.74 Å². The molecule has 7 nitrogen and oxygen atoms in total. The van der Waals surface area contributed by atoms with E-state index in [9.17, 15) is 9.59 Å². The van der Waals surface area contributed by atoms with Gasteiger partial charge in [-0.15, -0.1) is 0 Å². The molecule has 0 fully saturated rings. The number of amides is 2. The molecule has 39 heavy (non-hydrogen) atoms. The van der Waals surface area contributed by atoms with Crippen molar-refractivity contribution in [3.05, 3.63) is 107 Å². The molecule has 3 aromatic carbocycles. The number of aromatic nitrogens is 2. The van der Waals surface area contributed by atoms with Gasteiger partial charge in [-0.05, 0) is 74.1 Å². The van der Waals surface area contributed by atoms with Crippen LogP contribution in [0.4, 0.5) is 10.6 Å². The van der Waals surface area contributed by atoms with E-state index in [1.165, 1.54) is 0 Å². The third kappa shape index (κ3) is 6.20. The summed E-state index contributed by atoms with van der Waals surface area (Å²) in [5.74, 6) is 0.310. The monoisotopic (exact) mass is 522 g/mol. The van der Waals surface area contributed by atoms with Crippen LogP contribution in [0.5, 0.6) is 0 Å². The maximum atomic E-state index is 13.1. The Morgan fingerprint density at radius 2 is 1.69 bits per heavy atom. The van der Waals surface area contributed by atoms with Crippen molar-refractivity contribution in [2.24, 2.45) is 0 Å². The van der Waals surface area contributed by atoms with Crippen molar-refractivity contribution in [2.75, 3.05) is 11.9 Å². The van der Waals surface area contributed by atoms with Crippen LogP contribution >= 0.6 is 0 Å². The van der Waals surface area contributed by atoms with Crippen LogP contribution in [0.15, 0.2) is 78.9 Å². The van der Waals surface area contributed by atoms with E-state index < -0.39 is 5.60 Å². The topological polar surface area (TPSA) is 76.5 Å². The predicted octanol–water partition coefficient (Wildman–Crippen LogP) is 6.45. The average Bonchev–Trinajstić information content (AvgIpc) is 3.25. The van der Waals surface area contributed by atoms with E-state index in [2.05, 4.69) is 34.7 Å². The average molecular weight is 523 g/mol. The Morgan fingerprint density at radius 3 is 2.46 bits per heavy atom. The molecule has 1 aliphatic rings. The highest BCUT2D eigenvalue weighted by molar-refractivity contribution is 6.04. The van der Waals surface area contributed by atoms with E-state index in [0.717, 1.165) is 33.5 Å². The minimum Gasteiger partial charge on any atom is -0.444 e. The molecule has 0 aliphatic carbocycles. The molecule has 4 aromatic rings. The van der Waals surface area contributed by atoms with Crippen LogP contribution in [0, 0.1) is 6.92 Å². The van der Waals surface area contributed by atoms with Crippen molar-refractivity contribution in [1.29, 1.82) is 0 Å². The number of nitrogens with zero attached hydrogens (tertiary/aromatic N) is 3. The molecule has 0 radical (unpaired) electrons. The lowest BCUT2D eigenvalue weighted by Gasteiger charge is -2.31. The Morgan fingerprint density at radius 1 is 0.949 bits per heavy atom. The number of carbonyl (C=O) groups is 2. The first-order valence-corrected chi connectivity index (χ1v) is 13.3. The second-order valence-electron chi connectivity index (χ2n) is 10.9. The molecular formula is C32H34N4O3. The zero-order valence-corrected chi connectivity index (χ0v) is 22.9. The summed E-state index contributed by atoms with van der Waals surface area (Å²) >= 11 is 0. The number of ether oxygens (including phenoxy) is 1. The SMILES string of the molecule is Cc1cc(NC(=O)c2ccc3c(c2)CCN(C(=O)OC(C)(C)C)C3)nn1Cc1ccccc1-c1ccccc1. The summed E-state index contributed by atoms with van der Waals surface area (Å²) in [5.41, 5.74) is 6.58. The van der Waals surface area contributed by atoms with E-state index in [0.29, 0.717) is 37.4 Å². The fraction of sp³-hybridized carbons (Fsp3) is 0.281. The molecule has 0 bridgehead atoms. The van der Waals surface area contributed by atoms with Gasteiger partial charge < -0.3 is 15.0 Å². The standard InChI is InChI=1S/C32H34N4O3/c1-22-18-29(34-36(22)21-27-12-8-9-13-28(27)23-10-6-5-7-11-23)33-30(37)25-14-15-26-20-35(17-16-24(26)19-25)31(38)39-32(2,3)4/h5-15,18-19H,16-17,20-21H2,1-4H3,(H,33,34,37). The third-order valence-electron chi connectivity index (χ3n) is 6.78. The number of fused-ring (bicyclic) bond motifs is 1. The number of anilines is 1. The Labute approximate surface area is 229 Å². The molecule has 7 heteroatoms. The Hall–Kier alpha value is -4.39. The fourth-order valence-corrected chi connectivity index (χ4v) is 4.82. The Balaban J connectivity index is 1.27. The van der Waals surface area contributed by atoms with Crippen LogP contribution < -0.4 is 5.32 Å². The molecule has 0 saturated heterocycles. The fourth-order valence-electron chi connectivity index (χ4n) is 4.82. The summed E-state index contributed by atoms with van der Waals surface area (Å²) in [4.78, 5) is 27.3. The van der Waals surface area contributed by atoms with Crippen molar-refractivity contribution in [3.8, 4) is 11.1 Å². The lowest BCUT2D eigenvalue weighted by Crippen LogP contribution is -2.39. The lowest BCUT2D eigenvalue weighted by atomic mass is 9.97. The van der Waals surface area contributed by atoms with Crippen LogP contribution in [0.1, 0.15) is 53.5 Å².